The third-order valence-corrected chi connectivity index (χ3v) is 3.90. The van der Waals surface area contributed by atoms with Crippen molar-refractivity contribution in [2.24, 2.45) is 0 Å². The number of anilines is 1. The van der Waals surface area contributed by atoms with E-state index in [-0.39, 0.29) is 0 Å². The summed E-state index contributed by atoms with van der Waals surface area (Å²) < 4.78 is 5.17. The Kier molecular flexibility index (Phi) is 4.57. The van der Waals surface area contributed by atoms with Crippen molar-refractivity contribution in [3.8, 4) is 11.8 Å². The fourth-order valence-electron chi connectivity index (χ4n) is 2.60. The summed E-state index contributed by atoms with van der Waals surface area (Å²) in [5.41, 5.74) is 4.18. The summed E-state index contributed by atoms with van der Waals surface area (Å²) in [6.07, 6.45) is 0.838. The largest absolute Gasteiger partial charge is 0.497 e. The van der Waals surface area contributed by atoms with E-state index in [9.17, 15) is 5.26 Å². The average Bonchev–Trinajstić information content (AvgIpc) is 2.62. The topological polar surface area (TPSA) is 70.8 Å². The standard InChI is InChI=1S/C19H18N4O/c1-13-3-8-17-16(11-13)19(18(12-20)23-22-17)21-10-9-14-4-6-15(24-2)7-5-14/h3-8,11H,9-10H2,1-2H3,(H,21,22). The van der Waals surface area contributed by atoms with Gasteiger partial charge in [-0.2, -0.15) is 5.26 Å². The summed E-state index contributed by atoms with van der Waals surface area (Å²) in [7, 11) is 1.66. The van der Waals surface area contributed by atoms with Crippen LogP contribution < -0.4 is 10.1 Å². The summed E-state index contributed by atoms with van der Waals surface area (Å²) in [4.78, 5) is 0. The smallest absolute Gasteiger partial charge is 0.186 e. The van der Waals surface area contributed by atoms with E-state index in [1.54, 1.807) is 7.11 Å². The highest BCUT2D eigenvalue weighted by Crippen LogP contribution is 2.25. The van der Waals surface area contributed by atoms with Crippen molar-refractivity contribution in [2.75, 3.05) is 19.0 Å². The van der Waals surface area contributed by atoms with Crippen molar-refractivity contribution >= 4 is 16.6 Å². The third-order valence-electron chi connectivity index (χ3n) is 3.90. The molecular formula is C19H18N4O. The molecule has 0 saturated heterocycles. The van der Waals surface area contributed by atoms with Crippen LogP contribution in [0.25, 0.3) is 10.9 Å². The van der Waals surface area contributed by atoms with Crippen LogP contribution >= 0.6 is 0 Å². The first kappa shape index (κ1) is 15.8. The van der Waals surface area contributed by atoms with Crippen LogP contribution in [-0.4, -0.2) is 23.9 Å². The van der Waals surface area contributed by atoms with Crippen LogP contribution in [0.15, 0.2) is 42.5 Å². The predicted molar refractivity (Wildman–Crippen MR) is 94.2 cm³/mol. The molecule has 1 heterocycles. The van der Waals surface area contributed by atoms with E-state index in [0.717, 1.165) is 34.3 Å². The lowest BCUT2D eigenvalue weighted by Gasteiger charge is -2.11. The SMILES string of the molecule is COc1ccc(CCNc2c(C#N)nnc3ccc(C)cc23)cc1. The van der Waals surface area contributed by atoms with E-state index in [1.807, 2.05) is 49.4 Å². The maximum Gasteiger partial charge on any atom is 0.186 e. The first-order valence-corrected chi connectivity index (χ1v) is 7.75. The number of rotatable bonds is 5. The van der Waals surface area contributed by atoms with Gasteiger partial charge in [0, 0.05) is 11.9 Å². The van der Waals surface area contributed by atoms with Crippen LogP contribution in [0.1, 0.15) is 16.8 Å². The maximum absolute atomic E-state index is 9.31. The molecule has 0 amide bonds. The number of aromatic nitrogens is 2. The number of fused-ring (bicyclic) bond motifs is 1. The molecule has 0 radical (unpaired) electrons. The van der Waals surface area contributed by atoms with Gasteiger partial charge in [0.05, 0.1) is 18.3 Å². The molecule has 0 fully saturated rings. The van der Waals surface area contributed by atoms with Gasteiger partial charge in [-0.25, -0.2) is 0 Å². The molecule has 1 aromatic heterocycles. The molecule has 2 aromatic carbocycles. The van der Waals surface area contributed by atoms with Gasteiger partial charge < -0.3 is 10.1 Å². The molecule has 3 rings (SSSR count). The fraction of sp³-hybridized carbons (Fsp3) is 0.211. The van der Waals surface area contributed by atoms with Crippen LogP contribution in [-0.2, 0) is 6.42 Å². The lowest BCUT2D eigenvalue weighted by molar-refractivity contribution is 0.414. The van der Waals surface area contributed by atoms with E-state index in [2.05, 4.69) is 21.6 Å². The van der Waals surface area contributed by atoms with Gasteiger partial charge in [0.25, 0.3) is 0 Å². The monoisotopic (exact) mass is 318 g/mol. The molecule has 5 heteroatoms. The predicted octanol–water partition coefficient (Wildman–Crippen LogP) is 3.47. The first-order valence-electron chi connectivity index (χ1n) is 7.75. The molecule has 0 aliphatic carbocycles. The van der Waals surface area contributed by atoms with Crippen molar-refractivity contribution in [2.45, 2.75) is 13.3 Å². The molecular weight excluding hydrogens is 300 g/mol. The highest BCUT2D eigenvalue weighted by molar-refractivity contribution is 5.93. The molecule has 120 valence electrons. The molecule has 24 heavy (non-hydrogen) atoms. The Hall–Kier alpha value is -3.13. The zero-order chi connectivity index (χ0) is 16.9. The Morgan fingerprint density at radius 2 is 1.92 bits per heavy atom. The quantitative estimate of drug-likeness (QED) is 0.780. The Labute approximate surface area is 140 Å². The number of aryl methyl sites for hydroxylation is 1. The normalized spacial score (nSPS) is 10.4. The van der Waals surface area contributed by atoms with Crippen LogP contribution in [0, 0.1) is 18.3 Å². The second kappa shape index (κ2) is 6.97. The van der Waals surface area contributed by atoms with Crippen LogP contribution in [0.4, 0.5) is 5.69 Å². The van der Waals surface area contributed by atoms with Crippen LogP contribution in [0.2, 0.25) is 0 Å². The van der Waals surface area contributed by atoms with E-state index >= 15 is 0 Å². The Bertz CT molecular complexity index is 898. The van der Waals surface area contributed by atoms with Gasteiger partial charge in [0.2, 0.25) is 0 Å². The average molecular weight is 318 g/mol. The summed E-state index contributed by atoms with van der Waals surface area (Å²) in [6, 6.07) is 16.0. The van der Waals surface area contributed by atoms with Crippen LogP contribution in [0.5, 0.6) is 5.75 Å². The van der Waals surface area contributed by atoms with Crippen molar-refractivity contribution < 1.29 is 4.74 Å². The van der Waals surface area contributed by atoms with Crippen molar-refractivity contribution in [1.29, 1.82) is 5.26 Å². The number of hydrogen-bond acceptors (Lipinski definition) is 5. The van der Waals surface area contributed by atoms with E-state index in [1.165, 1.54) is 5.56 Å². The molecule has 0 spiro atoms. The second-order valence-corrected chi connectivity index (χ2v) is 5.58. The highest BCUT2D eigenvalue weighted by Gasteiger charge is 2.10. The molecule has 0 unspecified atom stereocenters. The molecule has 0 aliphatic heterocycles. The molecule has 0 atom stereocenters. The number of ether oxygens (including phenoxy) is 1. The minimum atomic E-state index is 0.322. The van der Waals surface area contributed by atoms with E-state index < -0.39 is 0 Å². The Balaban J connectivity index is 1.81. The van der Waals surface area contributed by atoms with Gasteiger partial charge >= 0.3 is 0 Å². The van der Waals surface area contributed by atoms with Gasteiger partial charge in [-0.3, -0.25) is 0 Å². The maximum atomic E-state index is 9.31. The number of nitriles is 1. The second-order valence-electron chi connectivity index (χ2n) is 5.58. The van der Waals surface area contributed by atoms with Gasteiger partial charge in [-0.15, -0.1) is 10.2 Å². The number of methoxy groups -OCH3 is 1. The lowest BCUT2D eigenvalue weighted by Crippen LogP contribution is -2.08. The minimum absolute atomic E-state index is 0.322. The summed E-state index contributed by atoms with van der Waals surface area (Å²) in [5, 5.41) is 21.7. The number of nitrogens with one attached hydrogen (secondary N) is 1. The van der Waals surface area contributed by atoms with E-state index in [4.69, 9.17) is 4.74 Å². The molecule has 3 aromatic rings. The van der Waals surface area contributed by atoms with Crippen molar-refractivity contribution in [1.82, 2.24) is 10.2 Å². The molecule has 0 bridgehead atoms. The van der Waals surface area contributed by atoms with Crippen molar-refractivity contribution in [3.63, 3.8) is 0 Å². The highest BCUT2D eigenvalue weighted by atomic mass is 16.5. The van der Waals surface area contributed by atoms with Gasteiger partial charge in [-0.05, 0) is 43.2 Å². The molecule has 0 saturated carbocycles. The summed E-state index contributed by atoms with van der Waals surface area (Å²) >= 11 is 0. The number of nitrogens with zero attached hydrogens (tertiary/aromatic N) is 3. The first-order chi connectivity index (χ1) is 11.7. The zero-order valence-electron chi connectivity index (χ0n) is 13.7. The van der Waals surface area contributed by atoms with Gasteiger partial charge in [-0.1, -0.05) is 23.8 Å². The van der Waals surface area contributed by atoms with Crippen LogP contribution in [0.3, 0.4) is 0 Å². The zero-order valence-corrected chi connectivity index (χ0v) is 13.7. The Morgan fingerprint density at radius 1 is 1.12 bits per heavy atom. The minimum Gasteiger partial charge on any atom is -0.497 e. The summed E-state index contributed by atoms with van der Waals surface area (Å²) in [5.74, 6) is 0.846. The van der Waals surface area contributed by atoms with Crippen molar-refractivity contribution in [3.05, 3.63) is 59.3 Å². The lowest BCUT2D eigenvalue weighted by atomic mass is 10.1. The fourth-order valence-corrected chi connectivity index (χ4v) is 2.60. The van der Waals surface area contributed by atoms with E-state index in [0.29, 0.717) is 12.2 Å². The molecule has 0 aliphatic rings. The molecule has 1 N–H and O–H groups in total. The van der Waals surface area contributed by atoms with Gasteiger partial charge in [0.15, 0.2) is 5.69 Å². The number of benzene rings is 2. The summed E-state index contributed by atoms with van der Waals surface area (Å²) in [6.45, 7) is 2.72. The Morgan fingerprint density at radius 3 is 2.62 bits per heavy atom. The van der Waals surface area contributed by atoms with Gasteiger partial charge in [0.1, 0.15) is 11.8 Å². The molecule has 5 nitrogen and oxygen atoms in total. The number of hydrogen-bond donors (Lipinski definition) is 1. The third kappa shape index (κ3) is 3.28.